The summed E-state index contributed by atoms with van der Waals surface area (Å²) in [5.41, 5.74) is 0. The highest BCUT2D eigenvalue weighted by molar-refractivity contribution is 8.10. The number of likely N-dealkylation sites (N-methyl/N-ethyl adjacent to an activating group) is 1. The first-order valence-electron chi connectivity index (χ1n) is 4.58. The van der Waals surface area contributed by atoms with Crippen LogP contribution in [0.5, 0.6) is 0 Å². The van der Waals surface area contributed by atoms with Crippen molar-refractivity contribution in [2.24, 2.45) is 0 Å². The predicted molar refractivity (Wildman–Crippen MR) is 65.3 cm³/mol. The van der Waals surface area contributed by atoms with Crippen molar-refractivity contribution in [2.75, 3.05) is 20.2 Å². The molecule has 0 unspecified atom stereocenters. The topological polar surface area (TPSA) is 104 Å². The van der Waals surface area contributed by atoms with Crippen molar-refractivity contribution < 1.29 is 25.5 Å². The van der Waals surface area contributed by atoms with Gasteiger partial charge in [0, 0.05) is 13.6 Å². The maximum absolute atomic E-state index is 9.51. The highest BCUT2D eigenvalue weighted by Crippen LogP contribution is 2.07. The van der Waals surface area contributed by atoms with Crippen molar-refractivity contribution in [1.29, 1.82) is 0 Å². The van der Waals surface area contributed by atoms with E-state index in [1.807, 2.05) is 0 Å². The second-order valence-electron chi connectivity index (χ2n) is 3.46. The molecule has 8 heteroatoms. The van der Waals surface area contributed by atoms with E-state index < -0.39 is 31.0 Å². The molecule has 0 aromatic heterocycles. The molecule has 0 aliphatic heterocycles. The fraction of sp³-hybridized carbons (Fsp3) is 0.875. The normalized spacial score (nSPS) is 18.7. The molecule has 0 spiro atoms. The molecular weight excluding hydrogens is 254 g/mol. The Morgan fingerprint density at radius 3 is 2.00 bits per heavy atom. The van der Waals surface area contributed by atoms with E-state index >= 15 is 0 Å². The van der Waals surface area contributed by atoms with E-state index in [-0.39, 0.29) is 10.9 Å². The van der Waals surface area contributed by atoms with E-state index in [1.54, 1.807) is 7.05 Å². The summed E-state index contributed by atoms with van der Waals surface area (Å²) in [5.74, 6) is 0. The molecule has 96 valence electrons. The third-order valence-corrected chi connectivity index (χ3v) is 2.77. The zero-order valence-corrected chi connectivity index (χ0v) is 10.5. The van der Waals surface area contributed by atoms with Gasteiger partial charge in [-0.25, -0.2) is 0 Å². The number of hydrogen-bond donors (Lipinski definition) is 6. The van der Waals surface area contributed by atoms with Crippen molar-refractivity contribution in [1.82, 2.24) is 4.90 Å². The van der Waals surface area contributed by atoms with Gasteiger partial charge in [-0.1, -0.05) is 12.2 Å². The molecule has 16 heavy (non-hydrogen) atoms. The van der Waals surface area contributed by atoms with Crippen molar-refractivity contribution in [3.63, 3.8) is 0 Å². The monoisotopic (exact) mass is 271 g/mol. The number of thiocarbonyl (C=S) groups is 1. The standard InChI is InChI=1S/C8H17NO5S2/c1-9(8(15)16)2-4(11)6(13)7(14)5(12)3-10/h4-7,10-14H,2-3H2,1H3,(H,15,16)/t4-,5-,6-,7+/m0/s1. The molecule has 0 radical (unpaired) electrons. The Morgan fingerprint density at radius 1 is 1.19 bits per heavy atom. The quantitative estimate of drug-likeness (QED) is 0.236. The van der Waals surface area contributed by atoms with Crippen LogP contribution in [0.15, 0.2) is 0 Å². The lowest BCUT2D eigenvalue weighted by Gasteiger charge is -2.28. The molecule has 0 saturated carbocycles. The largest absolute Gasteiger partial charge is 0.394 e. The Kier molecular flexibility index (Phi) is 7.40. The number of thiol groups is 1. The van der Waals surface area contributed by atoms with Crippen LogP contribution in [-0.2, 0) is 0 Å². The van der Waals surface area contributed by atoms with Gasteiger partial charge in [0.15, 0.2) is 0 Å². The van der Waals surface area contributed by atoms with Crippen molar-refractivity contribution >= 4 is 29.2 Å². The lowest BCUT2D eigenvalue weighted by Crippen LogP contribution is -2.49. The Bertz CT molecular complexity index is 230. The maximum atomic E-state index is 9.51. The number of rotatable bonds is 6. The summed E-state index contributed by atoms with van der Waals surface area (Å²) in [4.78, 5) is 1.39. The molecule has 0 aliphatic rings. The van der Waals surface area contributed by atoms with Crippen LogP contribution in [0.2, 0.25) is 0 Å². The van der Waals surface area contributed by atoms with Gasteiger partial charge < -0.3 is 30.4 Å². The smallest absolute Gasteiger partial charge is 0.133 e. The van der Waals surface area contributed by atoms with Crippen LogP contribution in [0, 0.1) is 0 Å². The van der Waals surface area contributed by atoms with Gasteiger partial charge in [0.2, 0.25) is 0 Å². The van der Waals surface area contributed by atoms with Gasteiger partial charge in [-0.3, -0.25) is 0 Å². The van der Waals surface area contributed by atoms with Gasteiger partial charge in [0.05, 0.1) is 12.7 Å². The number of aliphatic hydroxyl groups is 5. The van der Waals surface area contributed by atoms with Crippen LogP contribution in [0.1, 0.15) is 0 Å². The summed E-state index contributed by atoms with van der Waals surface area (Å²) < 4.78 is 0.225. The molecular formula is C8H17NO5S2. The first kappa shape index (κ1) is 16.0. The van der Waals surface area contributed by atoms with E-state index in [2.05, 4.69) is 12.6 Å². The van der Waals surface area contributed by atoms with Crippen molar-refractivity contribution in [2.45, 2.75) is 24.4 Å². The second kappa shape index (κ2) is 7.38. The van der Waals surface area contributed by atoms with Gasteiger partial charge in [-0.2, -0.15) is 0 Å². The molecule has 0 amide bonds. The minimum absolute atomic E-state index is 0.0429. The second-order valence-corrected chi connectivity index (χ2v) is 4.57. The molecule has 0 saturated heterocycles. The van der Waals surface area contributed by atoms with Crippen LogP contribution < -0.4 is 0 Å². The summed E-state index contributed by atoms with van der Waals surface area (Å²) in [6.07, 6.45) is -6.02. The average molecular weight is 271 g/mol. The van der Waals surface area contributed by atoms with E-state index in [0.717, 1.165) is 0 Å². The summed E-state index contributed by atoms with van der Waals surface area (Å²) in [6, 6.07) is 0. The number of nitrogens with zero attached hydrogens (tertiary/aromatic N) is 1. The zero-order chi connectivity index (χ0) is 12.9. The van der Waals surface area contributed by atoms with E-state index in [4.69, 9.17) is 22.4 Å². The molecule has 0 aliphatic carbocycles. The summed E-state index contributed by atoms with van der Waals surface area (Å²) in [5, 5.41) is 45.9. The molecule has 0 bridgehead atoms. The lowest BCUT2D eigenvalue weighted by atomic mass is 10.0. The Labute approximate surface area is 105 Å². The third-order valence-electron chi connectivity index (χ3n) is 2.11. The fourth-order valence-corrected chi connectivity index (χ4v) is 1.19. The molecule has 4 atom stereocenters. The molecule has 0 rings (SSSR count). The first-order valence-corrected chi connectivity index (χ1v) is 5.44. The van der Waals surface area contributed by atoms with Crippen molar-refractivity contribution in [3.8, 4) is 0 Å². The number of aliphatic hydroxyl groups excluding tert-OH is 5. The SMILES string of the molecule is CN(C[C@H](O)[C@H](O)[C@H](O)[C@@H](O)CO)C(=S)S. The third kappa shape index (κ3) is 4.91. The minimum Gasteiger partial charge on any atom is -0.394 e. The summed E-state index contributed by atoms with van der Waals surface area (Å²) in [6.45, 7) is -0.746. The van der Waals surface area contributed by atoms with E-state index in [1.165, 1.54) is 4.90 Å². The van der Waals surface area contributed by atoms with Gasteiger partial charge in [0.1, 0.15) is 22.6 Å². The van der Waals surface area contributed by atoms with Crippen LogP contribution in [0.25, 0.3) is 0 Å². The van der Waals surface area contributed by atoms with Crippen molar-refractivity contribution in [3.05, 3.63) is 0 Å². The molecule has 5 N–H and O–H groups in total. The highest BCUT2D eigenvalue weighted by atomic mass is 32.1. The van der Waals surface area contributed by atoms with Gasteiger partial charge >= 0.3 is 0 Å². The summed E-state index contributed by atoms with van der Waals surface area (Å²) in [7, 11) is 1.56. The molecule has 0 aromatic carbocycles. The first-order chi connectivity index (χ1) is 7.31. The Balaban J connectivity index is 4.27. The molecule has 0 fully saturated rings. The maximum Gasteiger partial charge on any atom is 0.133 e. The minimum atomic E-state index is -1.62. The van der Waals surface area contributed by atoms with Crippen LogP contribution >= 0.6 is 24.8 Å². The van der Waals surface area contributed by atoms with Crippen LogP contribution in [0.3, 0.4) is 0 Å². The summed E-state index contributed by atoms with van der Waals surface area (Å²) >= 11 is 8.57. The highest BCUT2D eigenvalue weighted by Gasteiger charge is 2.30. The van der Waals surface area contributed by atoms with Gasteiger partial charge in [-0.15, -0.1) is 12.6 Å². The molecule has 0 aromatic rings. The Morgan fingerprint density at radius 2 is 1.62 bits per heavy atom. The van der Waals surface area contributed by atoms with Crippen LogP contribution in [-0.4, -0.2) is 79.4 Å². The lowest BCUT2D eigenvalue weighted by molar-refractivity contribution is -0.116. The molecule has 6 nitrogen and oxygen atoms in total. The fourth-order valence-electron chi connectivity index (χ4n) is 1.03. The van der Waals surface area contributed by atoms with E-state index in [9.17, 15) is 15.3 Å². The Hall–Kier alpha value is 0.0400. The zero-order valence-electron chi connectivity index (χ0n) is 8.76. The van der Waals surface area contributed by atoms with Gasteiger partial charge in [-0.05, 0) is 0 Å². The molecule has 0 heterocycles. The average Bonchev–Trinajstić information content (AvgIpc) is 2.25. The van der Waals surface area contributed by atoms with Gasteiger partial charge in [0.25, 0.3) is 0 Å². The number of hydrogen-bond acceptors (Lipinski definition) is 6. The predicted octanol–water partition coefficient (Wildman–Crippen LogP) is -2.43. The van der Waals surface area contributed by atoms with E-state index in [0.29, 0.717) is 0 Å². The van der Waals surface area contributed by atoms with Crippen LogP contribution in [0.4, 0.5) is 0 Å².